The third-order valence-electron chi connectivity index (χ3n) is 5.11. The van der Waals surface area contributed by atoms with Crippen molar-refractivity contribution in [2.24, 2.45) is 4.99 Å². The van der Waals surface area contributed by atoms with Crippen LogP contribution in [0.4, 0.5) is 5.69 Å². The smallest absolute Gasteiger partial charge is 0.271 e. The summed E-state index contributed by atoms with van der Waals surface area (Å²) in [6, 6.07) is 9.65. The molecule has 0 amide bonds. The van der Waals surface area contributed by atoms with Crippen molar-refractivity contribution in [1.29, 1.82) is 5.26 Å². The van der Waals surface area contributed by atoms with Crippen LogP contribution in [-0.2, 0) is 0 Å². The van der Waals surface area contributed by atoms with Gasteiger partial charge in [0.1, 0.15) is 11.6 Å². The number of aromatic nitrogens is 1. The molecule has 0 saturated heterocycles. The number of aliphatic imine (C=N–C) groups is 1. The quantitative estimate of drug-likeness (QED) is 0.839. The predicted molar refractivity (Wildman–Crippen MR) is 102 cm³/mol. The van der Waals surface area contributed by atoms with E-state index in [2.05, 4.69) is 4.99 Å². The van der Waals surface area contributed by atoms with Gasteiger partial charge in [0, 0.05) is 12.3 Å². The molecule has 1 N–H and O–H groups in total. The lowest BCUT2D eigenvalue weighted by Gasteiger charge is -2.26. The molecule has 0 unspecified atom stereocenters. The minimum Gasteiger partial charge on any atom is -0.494 e. The first kappa shape index (κ1) is 17.9. The maximum Gasteiger partial charge on any atom is 0.271 e. The van der Waals surface area contributed by atoms with Gasteiger partial charge >= 0.3 is 0 Å². The van der Waals surface area contributed by atoms with Crippen LogP contribution in [0.2, 0.25) is 0 Å². The summed E-state index contributed by atoms with van der Waals surface area (Å²) in [6.45, 7) is 3.68. The average molecular weight is 349 g/mol. The van der Waals surface area contributed by atoms with E-state index in [1.54, 1.807) is 13.1 Å². The summed E-state index contributed by atoms with van der Waals surface area (Å²) in [5.41, 5.74) is 2.48. The van der Waals surface area contributed by atoms with Crippen LogP contribution in [0.15, 0.2) is 34.1 Å². The second-order valence-corrected chi connectivity index (χ2v) is 6.91. The fraction of sp³-hybridized carbons (Fsp3) is 0.381. The van der Waals surface area contributed by atoms with Gasteiger partial charge in [0.15, 0.2) is 0 Å². The van der Waals surface area contributed by atoms with Crippen LogP contribution < -0.4 is 5.56 Å². The summed E-state index contributed by atoms with van der Waals surface area (Å²) in [5, 5.41) is 20.3. The summed E-state index contributed by atoms with van der Waals surface area (Å²) in [7, 11) is 0. The van der Waals surface area contributed by atoms with Gasteiger partial charge in [-0.25, -0.2) is 0 Å². The Labute approximate surface area is 153 Å². The monoisotopic (exact) mass is 349 g/mol. The molecule has 1 aliphatic carbocycles. The molecule has 1 heterocycles. The summed E-state index contributed by atoms with van der Waals surface area (Å²) < 4.78 is 1.40. The van der Waals surface area contributed by atoms with Gasteiger partial charge in [-0.05, 0) is 44.4 Å². The molecule has 1 fully saturated rings. The van der Waals surface area contributed by atoms with Gasteiger partial charge < -0.3 is 5.11 Å². The summed E-state index contributed by atoms with van der Waals surface area (Å²) in [4.78, 5) is 17.2. The molecule has 3 rings (SSSR count). The van der Waals surface area contributed by atoms with Gasteiger partial charge in [-0.1, -0.05) is 37.0 Å². The molecule has 5 heteroatoms. The van der Waals surface area contributed by atoms with E-state index >= 15 is 0 Å². The zero-order valence-corrected chi connectivity index (χ0v) is 15.2. The third-order valence-corrected chi connectivity index (χ3v) is 5.11. The lowest BCUT2D eigenvalue weighted by atomic mass is 9.94. The molecule has 0 radical (unpaired) electrons. The number of nitriles is 1. The Bertz CT molecular complexity index is 928. The second-order valence-electron chi connectivity index (χ2n) is 6.91. The van der Waals surface area contributed by atoms with Crippen molar-refractivity contribution in [3.05, 3.63) is 56.9 Å². The highest BCUT2D eigenvalue weighted by Crippen LogP contribution is 2.32. The normalized spacial score (nSPS) is 15.3. The Balaban J connectivity index is 2.10. The van der Waals surface area contributed by atoms with Crippen LogP contribution in [0, 0.1) is 25.2 Å². The van der Waals surface area contributed by atoms with Gasteiger partial charge in [-0.3, -0.25) is 14.4 Å². The summed E-state index contributed by atoms with van der Waals surface area (Å²) >= 11 is 0. The van der Waals surface area contributed by atoms with Crippen molar-refractivity contribution >= 4 is 11.9 Å². The number of rotatable bonds is 3. The van der Waals surface area contributed by atoms with Gasteiger partial charge in [0.25, 0.3) is 5.56 Å². The fourth-order valence-corrected chi connectivity index (χ4v) is 3.54. The molecule has 0 aliphatic heterocycles. The number of hydrogen-bond acceptors (Lipinski definition) is 4. The van der Waals surface area contributed by atoms with E-state index < -0.39 is 5.56 Å². The van der Waals surface area contributed by atoms with Crippen molar-refractivity contribution in [3.8, 4) is 11.9 Å². The number of aromatic hydroxyl groups is 1. The lowest BCUT2D eigenvalue weighted by Crippen LogP contribution is -2.30. The van der Waals surface area contributed by atoms with E-state index in [0.717, 1.165) is 43.4 Å². The number of aryl methyl sites for hydroxylation is 1. The highest BCUT2D eigenvalue weighted by atomic mass is 16.3. The predicted octanol–water partition coefficient (Wildman–Crippen LogP) is 4.30. The number of hydrogen-bond donors (Lipinski definition) is 1. The third kappa shape index (κ3) is 3.41. The van der Waals surface area contributed by atoms with Crippen LogP contribution in [0.25, 0.3) is 0 Å². The van der Waals surface area contributed by atoms with Crippen molar-refractivity contribution in [2.45, 2.75) is 52.0 Å². The zero-order chi connectivity index (χ0) is 18.7. The molecule has 0 spiro atoms. The Morgan fingerprint density at radius 1 is 1.19 bits per heavy atom. The first-order valence-electron chi connectivity index (χ1n) is 9.02. The molecule has 0 bridgehead atoms. The molecule has 2 aromatic rings. The van der Waals surface area contributed by atoms with Crippen LogP contribution in [-0.4, -0.2) is 15.9 Å². The molecular weight excluding hydrogens is 326 g/mol. The first-order chi connectivity index (χ1) is 12.5. The molecular formula is C21H23N3O2. The molecule has 1 aromatic heterocycles. The van der Waals surface area contributed by atoms with Crippen molar-refractivity contribution in [3.63, 3.8) is 0 Å². The van der Waals surface area contributed by atoms with Crippen LogP contribution in [0.5, 0.6) is 5.88 Å². The maximum absolute atomic E-state index is 12.7. The zero-order valence-electron chi connectivity index (χ0n) is 15.2. The molecule has 1 aliphatic rings. The van der Waals surface area contributed by atoms with E-state index in [1.807, 2.05) is 37.3 Å². The fourth-order valence-electron chi connectivity index (χ4n) is 3.54. The largest absolute Gasteiger partial charge is 0.494 e. The first-order valence-corrected chi connectivity index (χ1v) is 9.02. The van der Waals surface area contributed by atoms with Gasteiger partial charge in [-0.15, -0.1) is 0 Å². The van der Waals surface area contributed by atoms with Crippen LogP contribution >= 0.6 is 0 Å². The van der Waals surface area contributed by atoms with Gasteiger partial charge in [0.05, 0.1) is 11.3 Å². The van der Waals surface area contributed by atoms with Crippen molar-refractivity contribution in [2.75, 3.05) is 0 Å². The average Bonchev–Trinajstić information content (AvgIpc) is 2.64. The Hall–Kier alpha value is -2.87. The topological polar surface area (TPSA) is 78.4 Å². The molecule has 5 nitrogen and oxygen atoms in total. The van der Waals surface area contributed by atoms with E-state index in [0.29, 0.717) is 11.1 Å². The second kappa shape index (κ2) is 7.57. The van der Waals surface area contributed by atoms with Crippen molar-refractivity contribution in [1.82, 2.24) is 4.57 Å². The molecule has 1 aromatic carbocycles. The number of benzene rings is 1. The number of nitrogens with zero attached hydrogens (tertiary/aromatic N) is 3. The number of pyridine rings is 1. The van der Waals surface area contributed by atoms with E-state index in [-0.39, 0.29) is 17.5 Å². The minimum absolute atomic E-state index is 0.0597. The SMILES string of the molecule is Cc1ccc(N=Cc2c(C)c(C#N)c(=O)n(C3CCCCC3)c2O)cc1. The molecule has 26 heavy (non-hydrogen) atoms. The lowest BCUT2D eigenvalue weighted by molar-refractivity contribution is 0.303. The molecule has 134 valence electrons. The maximum atomic E-state index is 12.7. The van der Waals surface area contributed by atoms with Gasteiger partial charge in [-0.2, -0.15) is 5.26 Å². The van der Waals surface area contributed by atoms with Crippen molar-refractivity contribution < 1.29 is 5.11 Å². The highest BCUT2D eigenvalue weighted by molar-refractivity contribution is 5.87. The standard InChI is InChI=1S/C21H23N3O2/c1-14-8-10-16(11-9-14)23-13-19-15(2)18(12-22)20(25)24(21(19)26)17-6-4-3-5-7-17/h8-11,13,17,26H,3-7H2,1-2H3. The van der Waals surface area contributed by atoms with E-state index in [4.69, 9.17) is 0 Å². The molecule has 0 atom stereocenters. The van der Waals surface area contributed by atoms with Crippen LogP contribution in [0.1, 0.15) is 60.4 Å². The van der Waals surface area contributed by atoms with Gasteiger partial charge in [0.2, 0.25) is 5.88 Å². The minimum atomic E-state index is -0.401. The Morgan fingerprint density at radius 3 is 2.46 bits per heavy atom. The molecule has 1 saturated carbocycles. The highest BCUT2D eigenvalue weighted by Gasteiger charge is 2.24. The van der Waals surface area contributed by atoms with Crippen LogP contribution in [0.3, 0.4) is 0 Å². The summed E-state index contributed by atoms with van der Waals surface area (Å²) in [6.07, 6.45) is 6.43. The van der Waals surface area contributed by atoms with E-state index in [1.165, 1.54) is 4.57 Å². The van der Waals surface area contributed by atoms with E-state index in [9.17, 15) is 15.2 Å². The Kier molecular flexibility index (Phi) is 5.22. The Morgan fingerprint density at radius 2 is 1.85 bits per heavy atom. The summed E-state index contributed by atoms with van der Waals surface area (Å²) in [5.74, 6) is -0.0886.